The van der Waals surface area contributed by atoms with Crippen LogP contribution in [0.2, 0.25) is 0 Å². The van der Waals surface area contributed by atoms with Crippen LogP contribution in [0.15, 0.2) is 47.1 Å². The van der Waals surface area contributed by atoms with E-state index in [1.54, 1.807) is 18.2 Å². The molecule has 134 valence electrons. The Morgan fingerprint density at radius 3 is 2.27 bits per heavy atom. The zero-order chi connectivity index (χ0) is 18.7. The monoisotopic (exact) mass is 465 g/mol. The quantitative estimate of drug-likeness (QED) is 0.383. The Bertz CT molecular complexity index is 895. The molecule has 0 aromatic heterocycles. The van der Waals surface area contributed by atoms with Crippen LogP contribution in [0.4, 0.5) is 0 Å². The van der Waals surface area contributed by atoms with Crippen LogP contribution in [0.1, 0.15) is 11.1 Å². The Balaban J connectivity index is 2.02. The Hall–Kier alpha value is -2.55. The van der Waals surface area contributed by atoms with Crippen LogP contribution in [0.25, 0.3) is 6.08 Å². The van der Waals surface area contributed by atoms with E-state index in [0.29, 0.717) is 28.7 Å². The van der Waals surface area contributed by atoms with Gasteiger partial charge in [-0.1, -0.05) is 12.1 Å². The van der Waals surface area contributed by atoms with Gasteiger partial charge in [-0.15, -0.1) is 0 Å². The molecule has 0 spiro atoms. The van der Waals surface area contributed by atoms with Crippen LogP contribution in [0.5, 0.6) is 17.2 Å². The van der Waals surface area contributed by atoms with E-state index in [1.807, 2.05) is 24.3 Å². The van der Waals surface area contributed by atoms with Crippen LogP contribution in [-0.2, 0) is 9.53 Å². The third kappa shape index (κ3) is 3.52. The van der Waals surface area contributed by atoms with Gasteiger partial charge in [-0.05, 0) is 58.5 Å². The summed E-state index contributed by atoms with van der Waals surface area (Å²) in [4.78, 5) is 16.5. The molecule has 1 aliphatic heterocycles. The van der Waals surface area contributed by atoms with E-state index < -0.39 is 5.97 Å². The number of hydrogen-bond acceptors (Lipinski definition) is 6. The number of ether oxygens (including phenoxy) is 4. The minimum Gasteiger partial charge on any atom is -0.493 e. The van der Waals surface area contributed by atoms with Crippen LogP contribution in [0, 0.1) is 3.57 Å². The van der Waals surface area contributed by atoms with Gasteiger partial charge in [0.15, 0.2) is 17.2 Å². The van der Waals surface area contributed by atoms with Gasteiger partial charge in [0.25, 0.3) is 0 Å². The number of nitrogens with zero attached hydrogens (tertiary/aromatic N) is 1. The number of cyclic esters (lactones) is 1. The van der Waals surface area contributed by atoms with Crippen molar-refractivity contribution >= 4 is 40.5 Å². The molecular weight excluding hydrogens is 449 g/mol. The molecule has 1 heterocycles. The van der Waals surface area contributed by atoms with E-state index in [-0.39, 0.29) is 5.70 Å². The van der Waals surface area contributed by atoms with Crippen LogP contribution < -0.4 is 14.2 Å². The van der Waals surface area contributed by atoms with E-state index in [0.717, 1.165) is 9.13 Å². The summed E-state index contributed by atoms with van der Waals surface area (Å²) in [6.07, 6.45) is 1.62. The standard InChI is InChI=1S/C19H16INO5/c1-23-15-9-11(10-16(24-2)17(15)25-3)8-14-19(22)26-18(21-14)12-6-4-5-7-13(12)20/h4-10H,1-3H3. The first-order valence-corrected chi connectivity index (χ1v) is 8.72. The molecule has 0 bridgehead atoms. The molecular formula is C19H16INO5. The molecule has 2 aromatic rings. The van der Waals surface area contributed by atoms with Crippen molar-refractivity contribution in [1.29, 1.82) is 0 Å². The predicted molar refractivity (Wildman–Crippen MR) is 106 cm³/mol. The number of carbonyl (C=O) groups excluding carboxylic acids is 1. The Morgan fingerprint density at radius 2 is 1.69 bits per heavy atom. The lowest BCUT2D eigenvalue weighted by Crippen LogP contribution is -2.06. The molecule has 0 unspecified atom stereocenters. The van der Waals surface area contributed by atoms with Crippen molar-refractivity contribution in [3.8, 4) is 17.2 Å². The molecule has 0 N–H and O–H groups in total. The molecule has 6 nitrogen and oxygen atoms in total. The van der Waals surface area contributed by atoms with Gasteiger partial charge in [0.05, 0.1) is 26.9 Å². The minimum absolute atomic E-state index is 0.203. The molecule has 3 rings (SSSR count). The number of carbonyl (C=O) groups is 1. The summed E-state index contributed by atoms with van der Waals surface area (Å²) in [6.45, 7) is 0. The summed E-state index contributed by atoms with van der Waals surface area (Å²) >= 11 is 2.18. The Labute approximate surface area is 164 Å². The number of hydrogen-bond donors (Lipinski definition) is 0. The topological polar surface area (TPSA) is 66.4 Å². The van der Waals surface area contributed by atoms with Gasteiger partial charge in [0.2, 0.25) is 11.6 Å². The molecule has 0 saturated heterocycles. The van der Waals surface area contributed by atoms with Crippen molar-refractivity contribution in [2.45, 2.75) is 0 Å². The summed E-state index contributed by atoms with van der Waals surface area (Å²) in [6, 6.07) is 11.0. The molecule has 2 aromatic carbocycles. The lowest BCUT2D eigenvalue weighted by Gasteiger charge is -2.12. The summed E-state index contributed by atoms with van der Waals surface area (Å²) in [5.41, 5.74) is 1.66. The highest BCUT2D eigenvalue weighted by Gasteiger charge is 2.25. The average molecular weight is 465 g/mol. The number of esters is 1. The second kappa shape index (κ2) is 7.77. The fourth-order valence-corrected chi connectivity index (χ4v) is 3.12. The van der Waals surface area contributed by atoms with Gasteiger partial charge in [-0.3, -0.25) is 0 Å². The van der Waals surface area contributed by atoms with Gasteiger partial charge in [0, 0.05) is 3.57 Å². The maximum atomic E-state index is 12.2. The van der Waals surface area contributed by atoms with Crippen molar-refractivity contribution in [1.82, 2.24) is 0 Å². The van der Waals surface area contributed by atoms with Crippen molar-refractivity contribution in [2.24, 2.45) is 4.99 Å². The van der Waals surface area contributed by atoms with Crippen molar-refractivity contribution < 1.29 is 23.7 Å². The highest BCUT2D eigenvalue weighted by Crippen LogP contribution is 2.39. The lowest BCUT2D eigenvalue weighted by atomic mass is 10.1. The molecule has 0 amide bonds. The van der Waals surface area contributed by atoms with Crippen molar-refractivity contribution in [3.05, 3.63) is 56.8 Å². The normalized spacial score (nSPS) is 14.8. The smallest absolute Gasteiger partial charge is 0.363 e. The summed E-state index contributed by atoms with van der Waals surface area (Å²) in [5.74, 6) is 1.25. The fraction of sp³-hybridized carbons (Fsp3) is 0.158. The zero-order valence-corrected chi connectivity index (χ0v) is 16.6. The van der Waals surface area contributed by atoms with E-state index in [1.165, 1.54) is 21.3 Å². The maximum absolute atomic E-state index is 12.2. The first kappa shape index (κ1) is 18.2. The number of benzene rings is 2. The molecule has 0 aliphatic carbocycles. The molecule has 7 heteroatoms. The van der Waals surface area contributed by atoms with Crippen LogP contribution in [0.3, 0.4) is 0 Å². The lowest BCUT2D eigenvalue weighted by molar-refractivity contribution is -0.129. The summed E-state index contributed by atoms with van der Waals surface area (Å²) in [7, 11) is 4.60. The first-order chi connectivity index (χ1) is 12.6. The summed E-state index contributed by atoms with van der Waals surface area (Å²) < 4.78 is 22.2. The van der Waals surface area contributed by atoms with Crippen LogP contribution >= 0.6 is 22.6 Å². The molecule has 1 aliphatic rings. The second-order valence-electron chi connectivity index (χ2n) is 5.27. The maximum Gasteiger partial charge on any atom is 0.363 e. The fourth-order valence-electron chi connectivity index (χ4n) is 2.50. The van der Waals surface area contributed by atoms with E-state index in [2.05, 4.69) is 27.6 Å². The molecule has 0 radical (unpaired) electrons. The predicted octanol–water partition coefficient (Wildman–Crippen LogP) is 3.66. The molecule has 0 saturated carbocycles. The van der Waals surface area contributed by atoms with E-state index in [4.69, 9.17) is 18.9 Å². The van der Waals surface area contributed by atoms with Crippen molar-refractivity contribution in [3.63, 3.8) is 0 Å². The van der Waals surface area contributed by atoms with Crippen LogP contribution in [-0.4, -0.2) is 33.2 Å². The van der Waals surface area contributed by atoms with Crippen molar-refractivity contribution in [2.75, 3.05) is 21.3 Å². The Morgan fingerprint density at radius 1 is 1.04 bits per heavy atom. The average Bonchev–Trinajstić information content (AvgIpc) is 3.01. The van der Waals surface area contributed by atoms with Gasteiger partial charge in [-0.25, -0.2) is 9.79 Å². The summed E-state index contributed by atoms with van der Waals surface area (Å²) in [5, 5.41) is 0. The zero-order valence-electron chi connectivity index (χ0n) is 14.4. The first-order valence-electron chi connectivity index (χ1n) is 7.65. The SMILES string of the molecule is COc1cc(C=C2N=C(c3ccccc3I)OC2=O)cc(OC)c1OC. The number of methoxy groups -OCH3 is 3. The third-order valence-corrected chi connectivity index (χ3v) is 4.66. The molecule has 0 atom stereocenters. The highest BCUT2D eigenvalue weighted by atomic mass is 127. The van der Waals surface area contributed by atoms with Gasteiger partial charge >= 0.3 is 5.97 Å². The highest BCUT2D eigenvalue weighted by molar-refractivity contribution is 14.1. The largest absolute Gasteiger partial charge is 0.493 e. The van der Waals surface area contributed by atoms with Gasteiger partial charge in [0.1, 0.15) is 0 Å². The second-order valence-corrected chi connectivity index (χ2v) is 6.44. The minimum atomic E-state index is -0.506. The number of aliphatic imine (C=N–C) groups is 1. The number of rotatable bonds is 5. The van der Waals surface area contributed by atoms with E-state index in [9.17, 15) is 4.79 Å². The van der Waals surface area contributed by atoms with Gasteiger partial charge in [-0.2, -0.15) is 0 Å². The Kier molecular flexibility index (Phi) is 5.46. The van der Waals surface area contributed by atoms with E-state index >= 15 is 0 Å². The third-order valence-electron chi connectivity index (χ3n) is 3.72. The molecule has 0 fully saturated rings. The number of halogens is 1. The van der Waals surface area contributed by atoms with Gasteiger partial charge < -0.3 is 18.9 Å². The molecule has 26 heavy (non-hydrogen) atoms.